The van der Waals surface area contributed by atoms with Crippen LogP contribution >= 0.6 is 0 Å². The number of hydrogen-bond acceptors (Lipinski definition) is 2. The Labute approximate surface area is 121 Å². The molecule has 3 heteroatoms. The molecule has 0 aromatic heterocycles. The number of nitrogens with zero attached hydrogens (tertiary/aromatic N) is 1. The number of nitrogens with one attached hydrogen (secondary N) is 1. The van der Waals surface area contributed by atoms with Gasteiger partial charge >= 0.3 is 0 Å². The van der Waals surface area contributed by atoms with Crippen LogP contribution in [0.1, 0.15) is 44.6 Å². The summed E-state index contributed by atoms with van der Waals surface area (Å²) in [5.74, 6) is -0.117. The maximum Gasteiger partial charge on any atom is 0.125 e. The van der Waals surface area contributed by atoms with Gasteiger partial charge in [0.25, 0.3) is 0 Å². The summed E-state index contributed by atoms with van der Waals surface area (Å²) in [4.78, 5) is 2.44. The molecule has 1 spiro atoms. The van der Waals surface area contributed by atoms with E-state index in [4.69, 9.17) is 0 Å². The van der Waals surface area contributed by atoms with Crippen molar-refractivity contribution >= 4 is 5.69 Å². The summed E-state index contributed by atoms with van der Waals surface area (Å²) in [5, 5.41) is 3.79. The minimum absolute atomic E-state index is 0.117. The molecule has 1 aromatic carbocycles. The van der Waals surface area contributed by atoms with Crippen molar-refractivity contribution in [1.29, 1.82) is 0 Å². The van der Waals surface area contributed by atoms with E-state index < -0.39 is 0 Å². The van der Waals surface area contributed by atoms with E-state index in [0.717, 1.165) is 30.8 Å². The van der Waals surface area contributed by atoms with E-state index in [1.807, 2.05) is 6.92 Å². The highest BCUT2D eigenvalue weighted by atomic mass is 19.1. The second-order valence-electron chi connectivity index (χ2n) is 6.55. The molecule has 2 nitrogen and oxygen atoms in total. The van der Waals surface area contributed by atoms with Crippen LogP contribution in [0.2, 0.25) is 0 Å². The number of halogens is 1. The number of aryl methyl sites for hydroxylation is 1. The summed E-state index contributed by atoms with van der Waals surface area (Å²) in [7, 11) is 0. The van der Waals surface area contributed by atoms with Crippen molar-refractivity contribution in [1.82, 2.24) is 5.32 Å². The normalized spacial score (nSPS) is 25.4. The Balaban J connectivity index is 1.90. The van der Waals surface area contributed by atoms with Crippen LogP contribution in [0.4, 0.5) is 10.1 Å². The van der Waals surface area contributed by atoms with Gasteiger partial charge in [-0.2, -0.15) is 0 Å². The Morgan fingerprint density at radius 3 is 2.70 bits per heavy atom. The summed E-state index contributed by atoms with van der Waals surface area (Å²) in [6, 6.07) is 5.91. The number of anilines is 1. The zero-order valence-electron chi connectivity index (χ0n) is 12.6. The fourth-order valence-electron chi connectivity index (χ4n) is 3.89. The first kappa shape index (κ1) is 13.9. The lowest BCUT2D eigenvalue weighted by atomic mass is 9.91. The van der Waals surface area contributed by atoms with Gasteiger partial charge in [-0.05, 0) is 49.9 Å². The molecule has 1 saturated heterocycles. The Kier molecular flexibility index (Phi) is 3.72. The average Bonchev–Trinajstić information content (AvgIpc) is 2.86. The van der Waals surface area contributed by atoms with Gasteiger partial charge in [-0.1, -0.05) is 19.8 Å². The van der Waals surface area contributed by atoms with Crippen molar-refractivity contribution < 1.29 is 4.39 Å². The van der Waals surface area contributed by atoms with Crippen LogP contribution in [0.3, 0.4) is 0 Å². The molecule has 1 N–H and O–H groups in total. The molecule has 1 aliphatic heterocycles. The fourth-order valence-corrected chi connectivity index (χ4v) is 3.89. The molecule has 2 fully saturated rings. The molecular weight excluding hydrogens is 251 g/mol. The first-order valence-corrected chi connectivity index (χ1v) is 7.91. The maximum atomic E-state index is 13.7. The zero-order valence-corrected chi connectivity index (χ0v) is 12.6. The quantitative estimate of drug-likeness (QED) is 0.887. The van der Waals surface area contributed by atoms with Gasteiger partial charge in [0.15, 0.2) is 0 Å². The first-order valence-electron chi connectivity index (χ1n) is 7.91. The van der Waals surface area contributed by atoms with Gasteiger partial charge in [0, 0.05) is 30.4 Å². The van der Waals surface area contributed by atoms with E-state index >= 15 is 0 Å². The summed E-state index contributed by atoms with van der Waals surface area (Å²) >= 11 is 0. The molecule has 1 saturated carbocycles. The SMILES string of the molecule is CCC1CNC2(CCCC2)CN1c1cc(C)cc(F)c1. The summed E-state index contributed by atoms with van der Waals surface area (Å²) in [5.41, 5.74) is 2.34. The van der Waals surface area contributed by atoms with Crippen molar-refractivity contribution in [3.63, 3.8) is 0 Å². The Hall–Kier alpha value is -1.09. The van der Waals surface area contributed by atoms with Gasteiger partial charge in [0.05, 0.1) is 0 Å². The average molecular weight is 276 g/mol. The van der Waals surface area contributed by atoms with Crippen LogP contribution in [0.25, 0.3) is 0 Å². The lowest BCUT2D eigenvalue weighted by Crippen LogP contribution is -2.63. The molecule has 0 radical (unpaired) electrons. The monoisotopic (exact) mass is 276 g/mol. The smallest absolute Gasteiger partial charge is 0.125 e. The molecule has 0 bridgehead atoms. The number of benzene rings is 1. The molecule has 110 valence electrons. The highest BCUT2D eigenvalue weighted by Gasteiger charge is 2.40. The molecule has 3 rings (SSSR count). The maximum absolute atomic E-state index is 13.7. The second-order valence-corrected chi connectivity index (χ2v) is 6.55. The molecule has 0 amide bonds. The van der Waals surface area contributed by atoms with E-state index in [0.29, 0.717) is 6.04 Å². The number of piperazine rings is 1. The van der Waals surface area contributed by atoms with Crippen LogP contribution < -0.4 is 10.2 Å². The largest absolute Gasteiger partial charge is 0.365 e. The molecule has 1 aliphatic carbocycles. The highest BCUT2D eigenvalue weighted by molar-refractivity contribution is 5.51. The minimum atomic E-state index is -0.117. The molecule has 20 heavy (non-hydrogen) atoms. The van der Waals surface area contributed by atoms with Gasteiger partial charge in [-0.25, -0.2) is 4.39 Å². The van der Waals surface area contributed by atoms with Gasteiger partial charge in [0.2, 0.25) is 0 Å². The predicted molar refractivity (Wildman–Crippen MR) is 81.8 cm³/mol. The van der Waals surface area contributed by atoms with Gasteiger partial charge < -0.3 is 10.2 Å². The summed E-state index contributed by atoms with van der Waals surface area (Å²) in [6.07, 6.45) is 6.25. The van der Waals surface area contributed by atoms with Crippen LogP contribution in [0.15, 0.2) is 18.2 Å². The van der Waals surface area contributed by atoms with Crippen LogP contribution in [0.5, 0.6) is 0 Å². The van der Waals surface area contributed by atoms with Crippen molar-refractivity contribution in [3.05, 3.63) is 29.6 Å². The van der Waals surface area contributed by atoms with Gasteiger partial charge in [-0.15, -0.1) is 0 Å². The molecule has 1 atom stereocenters. The highest BCUT2D eigenvalue weighted by Crippen LogP contribution is 2.36. The molecule has 1 unspecified atom stereocenters. The van der Waals surface area contributed by atoms with Crippen molar-refractivity contribution in [2.75, 3.05) is 18.0 Å². The third-order valence-electron chi connectivity index (χ3n) is 5.02. The predicted octanol–water partition coefficient (Wildman–Crippen LogP) is 3.64. The Morgan fingerprint density at radius 2 is 2.05 bits per heavy atom. The van der Waals surface area contributed by atoms with Crippen molar-refractivity contribution in [3.8, 4) is 0 Å². The fraction of sp³-hybridized carbons (Fsp3) is 0.647. The summed E-state index contributed by atoms with van der Waals surface area (Å²) < 4.78 is 13.7. The third kappa shape index (κ3) is 2.56. The first-order chi connectivity index (χ1) is 9.62. The third-order valence-corrected chi connectivity index (χ3v) is 5.02. The molecule has 1 aromatic rings. The van der Waals surface area contributed by atoms with Gasteiger partial charge in [0.1, 0.15) is 5.82 Å². The minimum Gasteiger partial charge on any atom is -0.365 e. The molecular formula is C17H25FN2. The van der Waals surface area contributed by atoms with Crippen molar-refractivity contribution in [2.24, 2.45) is 0 Å². The number of hydrogen-bond donors (Lipinski definition) is 1. The van der Waals surface area contributed by atoms with E-state index in [1.165, 1.54) is 25.7 Å². The Morgan fingerprint density at radius 1 is 1.30 bits per heavy atom. The molecule has 1 heterocycles. The summed E-state index contributed by atoms with van der Waals surface area (Å²) in [6.45, 7) is 6.24. The standard InChI is InChI=1S/C17H25FN2/c1-3-15-11-19-17(6-4-5-7-17)12-20(15)16-9-13(2)8-14(18)10-16/h8-10,15,19H,3-7,11-12H2,1-2H3. The van der Waals surface area contributed by atoms with Gasteiger partial charge in [-0.3, -0.25) is 0 Å². The van der Waals surface area contributed by atoms with Crippen LogP contribution in [0, 0.1) is 12.7 Å². The van der Waals surface area contributed by atoms with Crippen molar-refractivity contribution in [2.45, 2.75) is 57.5 Å². The van der Waals surface area contributed by atoms with Crippen LogP contribution in [-0.4, -0.2) is 24.7 Å². The molecule has 2 aliphatic rings. The number of rotatable bonds is 2. The van der Waals surface area contributed by atoms with E-state index in [-0.39, 0.29) is 11.4 Å². The topological polar surface area (TPSA) is 15.3 Å². The zero-order chi connectivity index (χ0) is 14.2. The second kappa shape index (κ2) is 5.36. The van der Waals surface area contributed by atoms with E-state index in [1.54, 1.807) is 12.1 Å². The van der Waals surface area contributed by atoms with Crippen LogP contribution in [-0.2, 0) is 0 Å². The van der Waals surface area contributed by atoms with E-state index in [9.17, 15) is 4.39 Å². The van der Waals surface area contributed by atoms with E-state index in [2.05, 4.69) is 23.2 Å². The lowest BCUT2D eigenvalue weighted by molar-refractivity contribution is 0.267. The lowest BCUT2D eigenvalue weighted by Gasteiger charge is -2.47. The Bertz CT molecular complexity index is 460.